The van der Waals surface area contributed by atoms with Gasteiger partial charge in [-0.1, -0.05) is 15.9 Å². The molecule has 2 aromatic carbocycles. The lowest BCUT2D eigenvalue weighted by Gasteiger charge is -2.23. The molecule has 0 saturated heterocycles. The molecule has 5 heteroatoms. The minimum Gasteiger partial charge on any atom is -0.493 e. The number of carbonyl (C=O) groups excluding carboxylic acids is 1. The molecule has 0 fully saturated rings. The Labute approximate surface area is 144 Å². The summed E-state index contributed by atoms with van der Waals surface area (Å²) in [5.74, 6) is 1.14. The number of fused-ring (bicyclic) bond motifs is 1. The van der Waals surface area contributed by atoms with Crippen LogP contribution in [0.5, 0.6) is 11.5 Å². The van der Waals surface area contributed by atoms with E-state index < -0.39 is 0 Å². The lowest BCUT2D eigenvalue weighted by atomic mass is 10.1. The van der Waals surface area contributed by atoms with Crippen LogP contribution in [0.2, 0.25) is 0 Å². The number of nitrogens with zero attached hydrogens (tertiary/aromatic N) is 1. The molecule has 0 spiro atoms. The molecule has 0 radical (unpaired) electrons. The zero-order chi connectivity index (χ0) is 16.6. The summed E-state index contributed by atoms with van der Waals surface area (Å²) >= 11 is 3.49. The van der Waals surface area contributed by atoms with Crippen LogP contribution in [-0.4, -0.2) is 26.2 Å². The van der Waals surface area contributed by atoms with Crippen LogP contribution in [0.25, 0.3) is 0 Å². The Hall–Kier alpha value is -2.01. The van der Waals surface area contributed by atoms with Gasteiger partial charge < -0.3 is 14.4 Å². The van der Waals surface area contributed by atoms with Gasteiger partial charge in [0.15, 0.2) is 11.5 Å². The summed E-state index contributed by atoms with van der Waals surface area (Å²) in [7, 11) is 3.15. The van der Waals surface area contributed by atoms with Crippen molar-refractivity contribution >= 4 is 27.5 Å². The molecule has 1 amide bonds. The maximum absolute atomic E-state index is 13.0. The van der Waals surface area contributed by atoms with E-state index in [1.165, 1.54) is 5.56 Å². The first-order valence-electron chi connectivity index (χ1n) is 7.39. The number of halogens is 1. The van der Waals surface area contributed by atoms with Crippen LogP contribution in [0.1, 0.15) is 22.8 Å². The first-order valence-corrected chi connectivity index (χ1v) is 8.18. The van der Waals surface area contributed by atoms with Crippen molar-refractivity contribution < 1.29 is 14.3 Å². The SMILES string of the molecule is COc1ccc(C(=O)N2c3ccc(Br)cc3C[C@@H]2C)cc1OC. The Bertz CT molecular complexity index is 760. The van der Waals surface area contributed by atoms with E-state index >= 15 is 0 Å². The van der Waals surface area contributed by atoms with Gasteiger partial charge in [0.05, 0.1) is 14.2 Å². The van der Waals surface area contributed by atoms with Crippen molar-refractivity contribution in [3.05, 3.63) is 52.0 Å². The van der Waals surface area contributed by atoms with Crippen molar-refractivity contribution in [3.63, 3.8) is 0 Å². The number of hydrogen-bond donors (Lipinski definition) is 0. The van der Waals surface area contributed by atoms with Crippen molar-refractivity contribution in [2.75, 3.05) is 19.1 Å². The van der Waals surface area contributed by atoms with E-state index in [0.29, 0.717) is 17.1 Å². The smallest absolute Gasteiger partial charge is 0.258 e. The highest BCUT2D eigenvalue weighted by Crippen LogP contribution is 2.36. The monoisotopic (exact) mass is 375 g/mol. The van der Waals surface area contributed by atoms with E-state index in [1.54, 1.807) is 32.4 Å². The average Bonchev–Trinajstić information content (AvgIpc) is 2.88. The van der Waals surface area contributed by atoms with Gasteiger partial charge in [0.2, 0.25) is 0 Å². The lowest BCUT2D eigenvalue weighted by Crippen LogP contribution is -2.35. The number of hydrogen-bond acceptors (Lipinski definition) is 3. The molecule has 4 nitrogen and oxygen atoms in total. The van der Waals surface area contributed by atoms with Crippen LogP contribution in [0.4, 0.5) is 5.69 Å². The van der Waals surface area contributed by atoms with Crippen LogP contribution in [-0.2, 0) is 6.42 Å². The lowest BCUT2D eigenvalue weighted by molar-refractivity contribution is 0.0981. The third-order valence-corrected chi connectivity index (χ3v) is 4.60. The quantitative estimate of drug-likeness (QED) is 0.811. The molecule has 1 heterocycles. The molecule has 23 heavy (non-hydrogen) atoms. The van der Waals surface area contributed by atoms with Crippen LogP contribution in [0, 0.1) is 0 Å². The number of benzene rings is 2. The fraction of sp³-hybridized carbons (Fsp3) is 0.278. The Morgan fingerprint density at radius 1 is 1.13 bits per heavy atom. The summed E-state index contributed by atoms with van der Waals surface area (Å²) in [6.07, 6.45) is 0.855. The van der Waals surface area contributed by atoms with Crippen LogP contribution < -0.4 is 14.4 Å². The zero-order valence-electron chi connectivity index (χ0n) is 13.3. The molecule has 0 N–H and O–H groups in total. The predicted molar refractivity (Wildman–Crippen MR) is 93.7 cm³/mol. The number of amides is 1. The minimum absolute atomic E-state index is 0.0282. The summed E-state index contributed by atoms with van der Waals surface area (Å²) in [6, 6.07) is 11.4. The van der Waals surface area contributed by atoms with Crippen molar-refractivity contribution in [2.24, 2.45) is 0 Å². The predicted octanol–water partition coefficient (Wildman–Crippen LogP) is 4.06. The highest BCUT2D eigenvalue weighted by Gasteiger charge is 2.31. The first kappa shape index (κ1) is 15.9. The third-order valence-electron chi connectivity index (χ3n) is 4.11. The standard InChI is InChI=1S/C18H18BrNO3/c1-11-8-13-9-14(19)5-6-15(13)20(11)18(21)12-4-7-16(22-2)17(10-12)23-3/h4-7,9-11H,8H2,1-3H3/t11-/m0/s1. The number of rotatable bonds is 3. The second kappa shape index (κ2) is 6.24. The van der Waals surface area contributed by atoms with E-state index in [-0.39, 0.29) is 11.9 Å². The summed E-state index contributed by atoms with van der Waals surface area (Å²) in [4.78, 5) is 14.8. The third kappa shape index (κ3) is 2.81. The van der Waals surface area contributed by atoms with Crippen molar-refractivity contribution in [3.8, 4) is 11.5 Å². The van der Waals surface area contributed by atoms with Gasteiger partial charge in [-0.2, -0.15) is 0 Å². The largest absolute Gasteiger partial charge is 0.493 e. The molecular weight excluding hydrogens is 358 g/mol. The summed E-state index contributed by atoms with van der Waals surface area (Å²) in [5.41, 5.74) is 2.74. The Morgan fingerprint density at radius 2 is 1.87 bits per heavy atom. The zero-order valence-corrected chi connectivity index (χ0v) is 14.9. The molecule has 3 rings (SSSR count). The number of anilines is 1. The molecule has 0 saturated carbocycles. The second-order valence-electron chi connectivity index (χ2n) is 5.57. The Balaban J connectivity index is 1.98. The molecule has 120 valence electrons. The number of methoxy groups -OCH3 is 2. The summed E-state index contributed by atoms with van der Waals surface area (Å²) < 4.78 is 11.6. The van der Waals surface area contributed by atoms with E-state index in [9.17, 15) is 4.79 Å². The van der Waals surface area contributed by atoms with Crippen LogP contribution in [0.15, 0.2) is 40.9 Å². The van der Waals surface area contributed by atoms with Crippen molar-refractivity contribution in [2.45, 2.75) is 19.4 Å². The Kier molecular flexibility index (Phi) is 4.31. The molecule has 0 aliphatic carbocycles. The van der Waals surface area contributed by atoms with Crippen LogP contribution in [0.3, 0.4) is 0 Å². The molecule has 0 bridgehead atoms. The second-order valence-corrected chi connectivity index (χ2v) is 6.49. The van der Waals surface area contributed by atoms with Crippen LogP contribution >= 0.6 is 15.9 Å². The first-order chi connectivity index (χ1) is 11.0. The van der Waals surface area contributed by atoms with Gasteiger partial charge in [-0.05, 0) is 55.3 Å². The maximum Gasteiger partial charge on any atom is 0.258 e. The number of carbonyl (C=O) groups is 1. The van der Waals surface area contributed by atoms with Gasteiger partial charge in [-0.15, -0.1) is 0 Å². The van der Waals surface area contributed by atoms with E-state index in [1.807, 2.05) is 17.0 Å². The van der Waals surface area contributed by atoms with Gasteiger partial charge in [-0.25, -0.2) is 0 Å². The molecule has 1 atom stereocenters. The van der Waals surface area contributed by atoms with Gasteiger partial charge in [0.1, 0.15) is 0 Å². The molecule has 0 aromatic heterocycles. The fourth-order valence-electron chi connectivity index (χ4n) is 3.02. The van der Waals surface area contributed by atoms with Crippen molar-refractivity contribution in [1.29, 1.82) is 0 Å². The normalized spacial score (nSPS) is 16.2. The molecule has 0 unspecified atom stereocenters. The molecule has 2 aromatic rings. The van der Waals surface area contributed by atoms with Gasteiger partial charge in [-0.3, -0.25) is 4.79 Å². The minimum atomic E-state index is -0.0282. The summed E-state index contributed by atoms with van der Waals surface area (Å²) in [5, 5.41) is 0. The fourth-order valence-corrected chi connectivity index (χ4v) is 3.43. The summed E-state index contributed by atoms with van der Waals surface area (Å²) in [6.45, 7) is 2.06. The van der Waals surface area contributed by atoms with Gasteiger partial charge in [0.25, 0.3) is 5.91 Å². The Morgan fingerprint density at radius 3 is 2.57 bits per heavy atom. The van der Waals surface area contributed by atoms with E-state index in [2.05, 4.69) is 28.9 Å². The number of ether oxygens (including phenoxy) is 2. The molecular formula is C18H18BrNO3. The molecule has 1 aliphatic heterocycles. The maximum atomic E-state index is 13.0. The van der Waals surface area contributed by atoms with Gasteiger partial charge >= 0.3 is 0 Å². The highest BCUT2D eigenvalue weighted by molar-refractivity contribution is 9.10. The topological polar surface area (TPSA) is 38.8 Å². The van der Waals surface area contributed by atoms with E-state index in [0.717, 1.165) is 16.6 Å². The molecule has 1 aliphatic rings. The average molecular weight is 376 g/mol. The van der Waals surface area contributed by atoms with Crippen molar-refractivity contribution in [1.82, 2.24) is 0 Å². The van der Waals surface area contributed by atoms with Gasteiger partial charge in [0, 0.05) is 21.8 Å². The van der Waals surface area contributed by atoms with E-state index in [4.69, 9.17) is 9.47 Å². The highest BCUT2D eigenvalue weighted by atomic mass is 79.9.